The van der Waals surface area contributed by atoms with E-state index >= 15 is 0 Å². The van der Waals surface area contributed by atoms with E-state index in [9.17, 15) is 13.2 Å². The van der Waals surface area contributed by atoms with Crippen molar-refractivity contribution in [2.24, 2.45) is 0 Å². The van der Waals surface area contributed by atoms with E-state index in [1.54, 1.807) is 0 Å². The molecule has 90 valence electrons. The van der Waals surface area contributed by atoms with E-state index in [2.05, 4.69) is 12.2 Å². The summed E-state index contributed by atoms with van der Waals surface area (Å²) in [6.07, 6.45) is 2.87. The molecule has 0 aliphatic heterocycles. The predicted molar refractivity (Wildman–Crippen MR) is 58.9 cm³/mol. The van der Waals surface area contributed by atoms with Gasteiger partial charge in [-0.3, -0.25) is 0 Å². The number of unbranched alkanes of at least 4 members (excludes halogenated alkanes) is 1. The third-order valence-electron chi connectivity index (χ3n) is 2.39. The van der Waals surface area contributed by atoms with Crippen LogP contribution in [-0.2, 0) is 0 Å². The Hall–Kier alpha value is -1.19. The summed E-state index contributed by atoms with van der Waals surface area (Å²) in [5.41, 5.74) is -0.110. The molecule has 1 atom stereocenters. The zero-order valence-corrected chi connectivity index (χ0v) is 9.49. The largest absolute Gasteiger partial charge is 0.380 e. The van der Waals surface area contributed by atoms with Crippen molar-refractivity contribution in [2.45, 2.75) is 39.2 Å². The van der Waals surface area contributed by atoms with Gasteiger partial charge < -0.3 is 5.32 Å². The van der Waals surface area contributed by atoms with E-state index in [1.165, 1.54) is 0 Å². The quantitative estimate of drug-likeness (QED) is 0.752. The lowest BCUT2D eigenvalue weighted by Crippen LogP contribution is -2.16. The normalized spacial score (nSPS) is 12.6. The molecule has 16 heavy (non-hydrogen) atoms. The first-order valence-corrected chi connectivity index (χ1v) is 5.45. The summed E-state index contributed by atoms with van der Waals surface area (Å²) in [6, 6.07) is 1.51. The van der Waals surface area contributed by atoms with Crippen LogP contribution in [0.4, 0.5) is 18.9 Å². The molecule has 0 aliphatic carbocycles. The fourth-order valence-electron chi connectivity index (χ4n) is 1.51. The molecular weight excluding hydrogens is 215 g/mol. The maximum Gasteiger partial charge on any atom is 0.182 e. The second-order valence-corrected chi connectivity index (χ2v) is 3.94. The highest BCUT2D eigenvalue weighted by molar-refractivity contribution is 5.46. The highest BCUT2D eigenvalue weighted by atomic mass is 19.2. The zero-order valence-electron chi connectivity index (χ0n) is 9.49. The molecule has 0 aliphatic rings. The van der Waals surface area contributed by atoms with E-state index in [4.69, 9.17) is 0 Å². The van der Waals surface area contributed by atoms with Crippen LogP contribution in [0.1, 0.15) is 33.1 Å². The lowest BCUT2D eigenvalue weighted by molar-refractivity contribution is 0.495. The Morgan fingerprint density at radius 1 is 1.25 bits per heavy atom. The van der Waals surface area contributed by atoms with Crippen LogP contribution in [0.15, 0.2) is 12.1 Å². The Morgan fingerprint density at radius 2 is 1.94 bits per heavy atom. The van der Waals surface area contributed by atoms with Gasteiger partial charge in [0.1, 0.15) is 5.82 Å². The van der Waals surface area contributed by atoms with Gasteiger partial charge in [0.2, 0.25) is 0 Å². The topological polar surface area (TPSA) is 12.0 Å². The molecular formula is C12H16F3N. The van der Waals surface area contributed by atoms with Crippen molar-refractivity contribution in [3.63, 3.8) is 0 Å². The number of anilines is 1. The molecule has 0 amide bonds. The minimum atomic E-state index is -1.16. The highest BCUT2D eigenvalue weighted by Gasteiger charge is 2.12. The minimum absolute atomic E-state index is 0.00403. The van der Waals surface area contributed by atoms with E-state index < -0.39 is 17.5 Å². The molecule has 1 nitrogen and oxygen atoms in total. The van der Waals surface area contributed by atoms with E-state index in [-0.39, 0.29) is 11.7 Å². The first-order valence-electron chi connectivity index (χ1n) is 5.45. The average molecular weight is 231 g/mol. The number of benzene rings is 1. The van der Waals surface area contributed by atoms with Crippen molar-refractivity contribution in [1.29, 1.82) is 0 Å². The van der Waals surface area contributed by atoms with Gasteiger partial charge >= 0.3 is 0 Å². The minimum Gasteiger partial charge on any atom is -0.380 e. The summed E-state index contributed by atoms with van der Waals surface area (Å²) in [5, 5.41) is 2.77. The summed E-state index contributed by atoms with van der Waals surface area (Å²) in [6.45, 7) is 3.91. The molecule has 4 heteroatoms. The molecule has 1 aromatic rings. The second-order valence-electron chi connectivity index (χ2n) is 3.94. The predicted octanol–water partition coefficient (Wildman–Crippen LogP) is 4.09. The summed E-state index contributed by atoms with van der Waals surface area (Å²) in [4.78, 5) is 0. The van der Waals surface area contributed by atoms with Gasteiger partial charge in [-0.15, -0.1) is 0 Å². The van der Waals surface area contributed by atoms with Crippen LogP contribution < -0.4 is 5.32 Å². The van der Waals surface area contributed by atoms with E-state index in [0.717, 1.165) is 25.3 Å². The first kappa shape index (κ1) is 12.9. The van der Waals surface area contributed by atoms with Crippen LogP contribution in [0.25, 0.3) is 0 Å². The number of halogens is 3. The lowest BCUT2D eigenvalue weighted by Gasteiger charge is -2.15. The average Bonchev–Trinajstić information content (AvgIpc) is 2.22. The van der Waals surface area contributed by atoms with Crippen LogP contribution >= 0.6 is 0 Å². The van der Waals surface area contributed by atoms with Crippen molar-refractivity contribution >= 4 is 5.69 Å². The number of rotatable bonds is 5. The molecule has 1 N–H and O–H groups in total. The van der Waals surface area contributed by atoms with Crippen LogP contribution in [-0.4, -0.2) is 6.04 Å². The van der Waals surface area contributed by atoms with Crippen molar-refractivity contribution in [3.05, 3.63) is 29.6 Å². The fraction of sp³-hybridized carbons (Fsp3) is 0.500. The smallest absolute Gasteiger partial charge is 0.182 e. The van der Waals surface area contributed by atoms with Crippen molar-refractivity contribution in [1.82, 2.24) is 0 Å². The molecule has 0 spiro atoms. The van der Waals surface area contributed by atoms with Crippen molar-refractivity contribution in [2.75, 3.05) is 5.32 Å². The Kier molecular flexibility index (Phi) is 4.65. The highest BCUT2D eigenvalue weighted by Crippen LogP contribution is 2.20. The Balaban J connectivity index is 2.72. The molecule has 0 aromatic heterocycles. The Morgan fingerprint density at radius 3 is 2.56 bits per heavy atom. The molecule has 1 aromatic carbocycles. The third-order valence-corrected chi connectivity index (χ3v) is 2.39. The van der Waals surface area contributed by atoms with Crippen LogP contribution in [0.3, 0.4) is 0 Å². The molecule has 0 saturated carbocycles. The van der Waals surface area contributed by atoms with Gasteiger partial charge in [0.25, 0.3) is 0 Å². The van der Waals surface area contributed by atoms with Gasteiger partial charge in [-0.05, 0) is 13.3 Å². The maximum atomic E-state index is 13.3. The lowest BCUT2D eigenvalue weighted by atomic mass is 10.1. The van der Waals surface area contributed by atoms with Gasteiger partial charge in [-0.1, -0.05) is 19.8 Å². The Bertz CT molecular complexity index is 352. The summed E-state index contributed by atoms with van der Waals surface area (Å²) < 4.78 is 39.0. The monoisotopic (exact) mass is 231 g/mol. The molecule has 0 heterocycles. The standard InChI is InChI=1S/C12H16F3N/c1-3-4-5-8(2)16-11-7-9(13)6-10(14)12(11)15/h6-8,16H,3-5H2,1-2H3. The molecule has 1 unspecified atom stereocenters. The molecule has 0 saturated heterocycles. The van der Waals surface area contributed by atoms with Crippen LogP contribution in [0, 0.1) is 17.5 Å². The molecule has 0 fully saturated rings. The third kappa shape index (κ3) is 3.43. The van der Waals surface area contributed by atoms with Gasteiger partial charge in [0.15, 0.2) is 11.6 Å². The zero-order chi connectivity index (χ0) is 12.1. The molecule has 1 rings (SSSR count). The summed E-state index contributed by atoms with van der Waals surface area (Å²) in [7, 11) is 0. The van der Waals surface area contributed by atoms with Gasteiger partial charge in [0, 0.05) is 18.2 Å². The van der Waals surface area contributed by atoms with Crippen molar-refractivity contribution in [3.8, 4) is 0 Å². The van der Waals surface area contributed by atoms with Crippen LogP contribution in [0.2, 0.25) is 0 Å². The van der Waals surface area contributed by atoms with Crippen LogP contribution in [0.5, 0.6) is 0 Å². The van der Waals surface area contributed by atoms with Gasteiger partial charge in [-0.2, -0.15) is 0 Å². The first-order chi connectivity index (χ1) is 7.54. The number of hydrogen-bond acceptors (Lipinski definition) is 1. The SMILES string of the molecule is CCCCC(C)Nc1cc(F)cc(F)c1F. The van der Waals surface area contributed by atoms with Gasteiger partial charge in [-0.25, -0.2) is 13.2 Å². The van der Waals surface area contributed by atoms with E-state index in [0.29, 0.717) is 6.07 Å². The van der Waals surface area contributed by atoms with Crippen molar-refractivity contribution < 1.29 is 13.2 Å². The molecule has 0 radical (unpaired) electrons. The maximum absolute atomic E-state index is 13.3. The molecule has 0 bridgehead atoms. The Labute approximate surface area is 93.7 Å². The van der Waals surface area contributed by atoms with Gasteiger partial charge in [0.05, 0.1) is 5.69 Å². The summed E-state index contributed by atoms with van der Waals surface area (Å²) in [5.74, 6) is -2.96. The second kappa shape index (κ2) is 5.77. The number of hydrogen-bond donors (Lipinski definition) is 1. The summed E-state index contributed by atoms with van der Waals surface area (Å²) >= 11 is 0. The fourth-order valence-corrected chi connectivity index (χ4v) is 1.51. The number of nitrogens with one attached hydrogen (secondary N) is 1. The van der Waals surface area contributed by atoms with E-state index in [1.807, 2.05) is 6.92 Å².